The van der Waals surface area contributed by atoms with Gasteiger partial charge in [-0.05, 0) is 37.5 Å². The second-order valence-corrected chi connectivity index (χ2v) is 7.14. The molecule has 1 aromatic rings. The molecule has 0 radical (unpaired) electrons. The predicted octanol–water partition coefficient (Wildman–Crippen LogP) is 1.78. The third-order valence-corrected chi connectivity index (χ3v) is 5.26. The van der Waals surface area contributed by atoms with Crippen LogP contribution >= 0.6 is 0 Å². The van der Waals surface area contributed by atoms with Gasteiger partial charge in [0.15, 0.2) is 0 Å². The van der Waals surface area contributed by atoms with Crippen molar-refractivity contribution in [1.82, 2.24) is 5.32 Å². The van der Waals surface area contributed by atoms with Crippen LogP contribution in [0, 0.1) is 5.41 Å². The number of rotatable bonds is 8. The summed E-state index contributed by atoms with van der Waals surface area (Å²) in [6.07, 6.45) is 1.81. The fourth-order valence-electron chi connectivity index (χ4n) is 2.21. The Balaban J connectivity index is 2.74. The van der Waals surface area contributed by atoms with Gasteiger partial charge in [-0.1, -0.05) is 26.0 Å². The normalized spacial score (nSPS) is 14.1. The van der Waals surface area contributed by atoms with Gasteiger partial charge in [0.1, 0.15) is 0 Å². The van der Waals surface area contributed by atoms with Gasteiger partial charge >= 0.3 is 0 Å². The fraction of sp³-hybridized carbons (Fsp3) is 0.600. The van der Waals surface area contributed by atoms with Gasteiger partial charge in [-0.2, -0.15) is 0 Å². The fourth-order valence-corrected chi connectivity index (χ4v) is 2.73. The van der Waals surface area contributed by atoms with Gasteiger partial charge in [-0.3, -0.25) is 0 Å². The maximum absolute atomic E-state index is 11.2. The molecule has 6 heteroatoms. The Hall–Kier alpha value is -0.950. The quantitative estimate of drug-likeness (QED) is 0.682. The first-order valence-corrected chi connectivity index (χ1v) is 8.79. The summed E-state index contributed by atoms with van der Waals surface area (Å²) in [6.45, 7) is 7.04. The molecule has 0 aromatic heterocycles. The zero-order chi connectivity index (χ0) is 16.1. The van der Waals surface area contributed by atoms with Crippen LogP contribution in [0.15, 0.2) is 29.2 Å². The Bertz CT molecular complexity index is 528. The van der Waals surface area contributed by atoms with Crippen molar-refractivity contribution in [2.24, 2.45) is 10.6 Å². The minimum atomic E-state index is -3.65. The first kappa shape index (κ1) is 18.1. The molecule has 120 valence electrons. The van der Waals surface area contributed by atoms with E-state index in [1.807, 2.05) is 6.92 Å². The van der Waals surface area contributed by atoms with Crippen LogP contribution < -0.4 is 10.5 Å². The summed E-state index contributed by atoms with van der Waals surface area (Å²) in [5, 5.41) is 18.1. The predicted molar refractivity (Wildman–Crippen MR) is 84.3 cm³/mol. The second-order valence-electron chi connectivity index (χ2n) is 5.58. The van der Waals surface area contributed by atoms with Crippen molar-refractivity contribution in [2.45, 2.75) is 44.6 Å². The van der Waals surface area contributed by atoms with Gasteiger partial charge in [-0.25, -0.2) is 13.6 Å². The number of nitrogens with one attached hydrogen (secondary N) is 1. The molecular weight excluding hydrogens is 288 g/mol. The lowest BCUT2D eigenvalue weighted by atomic mass is 9.83. The smallest absolute Gasteiger partial charge is 0.238 e. The Kier molecular flexibility index (Phi) is 6.34. The van der Waals surface area contributed by atoms with Crippen molar-refractivity contribution in [3.05, 3.63) is 29.8 Å². The number of primary sulfonamides is 1. The van der Waals surface area contributed by atoms with Crippen molar-refractivity contribution in [3.8, 4) is 0 Å². The third kappa shape index (κ3) is 4.78. The van der Waals surface area contributed by atoms with Crippen LogP contribution in [0.2, 0.25) is 0 Å². The lowest BCUT2D eigenvalue weighted by Gasteiger charge is -2.31. The molecule has 0 aliphatic heterocycles. The van der Waals surface area contributed by atoms with Crippen LogP contribution in [0.3, 0.4) is 0 Å². The van der Waals surface area contributed by atoms with Crippen LogP contribution in [0.1, 0.15) is 45.2 Å². The van der Waals surface area contributed by atoms with Crippen LogP contribution in [0.4, 0.5) is 0 Å². The summed E-state index contributed by atoms with van der Waals surface area (Å²) in [7, 11) is -3.65. The Morgan fingerprint density at radius 2 is 1.76 bits per heavy atom. The van der Waals surface area contributed by atoms with Crippen molar-refractivity contribution < 1.29 is 13.5 Å². The third-order valence-electron chi connectivity index (χ3n) is 4.33. The minimum absolute atomic E-state index is 0.0727. The summed E-state index contributed by atoms with van der Waals surface area (Å²) >= 11 is 0. The average Bonchev–Trinajstić information content (AvgIpc) is 2.48. The SMILES string of the molecule is CCC(CC)(CO)CNC(C)c1ccc(S(N)(=O)=O)cc1. The molecule has 0 aliphatic rings. The zero-order valence-electron chi connectivity index (χ0n) is 13.0. The lowest BCUT2D eigenvalue weighted by molar-refractivity contribution is 0.110. The molecule has 0 heterocycles. The van der Waals surface area contributed by atoms with Gasteiger partial charge in [0.2, 0.25) is 10.0 Å². The number of nitrogens with two attached hydrogens (primary N) is 1. The first-order chi connectivity index (χ1) is 9.78. The molecule has 0 saturated carbocycles. The van der Waals surface area contributed by atoms with E-state index in [2.05, 4.69) is 19.2 Å². The maximum atomic E-state index is 11.2. The molecule has 0 aliphatic carbocycles. The van der Waals surface area contributed by atoms with Gasteiger partial charge in [0, 0.05) is 24.6 Å². The van der Waals surface area contributed by atoms with E-state index in [0.717, 1.165) is 18.4 Å². The second kappa shape index (κ2) is 7.35. The van der Waals surface area contributed by atoms with Crippen LogP contribution in [0.5, 0.6) is 0 Å². The highest BCUT2D eigenvalue weighted by Crippen LogP contribution is 2.26. The summed E-state index contributed by atoms with van der Waals surface area (Å²) in [5.41, 5.74) is 0.885. The van der Waals surface area contributed by atoms with Gasteiger partial charge in [0.25, 0.3) is 0 Å². The van der Waals surface area contributed by atoms with Gasteiger partial charge in [0.05, 0.1) is 4.90 Å². The van der Waals surface area contributed by atoms with Crippen LogP contribution in [-0.4, -0.2) is 26.7 Å². The Morgan fingerprint density at radius 3 is 2.14 bits per heavy atom. The molecule has 1 aromatic carbocycles. The highest BCUT2D eigenvalue weighted by molar-refractivity contribution is 7.89. The van der Waals surface area contributed by atoms with E-state index in [1.54, 1.807) is 12.1 Å². The number of hydrogen-bond donors (Lipinski definition) is 3. The van der Waals surface area contributed by atoms with Crippen molar-refractivity contribution >= 4 is 10.0 Å². The van der Waals surface area contributed by atoms with E-state index in [-0.39, 0.29) is 23.0 Å². The number of hydrogen-bond acceptors (Lipinski definition) is 4. The van der Waals surface area contributed by atoms with E-state index in [1.165, 1.54) is 12.1 Å². The molecule has 5 nitrogen and oxygen atoms in total. The molecule has 1 rings (SSSR count). The van der Waals surface area contributed by atoms with Crippen molar-refractivity contribution in [3.63, 3.8) is 0 Å². The average molecular weight is 314 g/mol. The largest absolute Gasteiger partial charge is 0.396 e. The topological polar surface area (TPSA) is 92.4 Å². The van der Waals surface area contributed by atoms with E-state index < -0.39 is 10.0 Å². The lowest BCUT2D eigenvalue weighted by Crippen LogP contribution is -2.37. The minimum Gasteiger partial charge on any atom is -0.396 e. The van der Waals surface area contributed by atoms with Gasteiger partial charge in [-0.15, -0.1) is 0 Å². The van der Waals surface area contributed by atoms with Crippen molar-refractivity contribution in [2.75, 3.05) is 13.2 Å². The summed E-state index contributed by atoms with van der Waals surface area (Å²) in [4.78, 5) is 0.116. The number of sulfonamides is 1. The van der Waals surface area contributed by atoms with E-state index in [9.17, 15) is 13.5 Å². The standard InChI is InChI=1S/C15H26N2O3S/c1-4-15(5-2,11-18)10-17-12(3)13-6-8-14(9-7-13)21(16,19)20/h6-9,12,17-18H,4-5,10-11H2,1-3H3,(H2,16,19,20). The molecule has 0 saturated heterocycles. The molecule has 0 spiro atoms. The molecule has 21 heavy (non-hydrogen) atoms. The zero-order valence-corrected chi connectivity index (χ0v) is 13.8. The van der Waals surface area contributed by atoms with E-state index >= 15 is 0 Å². The maximum Gasteiger partial charge on any atom is 0.238 e. The highest BCUT2D eigenvalue weighted by Gasteiger charge is 2.25. The summed E-state index contributed by atoms with van der Waals surface area (Å²) < 4.78 is 22.4. The molecule has 0 bridgehead atoms. The van der Waals surface area contributed by atoms with E-state index in [0.29, 0.717) is 6.54 Å². The van der Waals surface area contributed by atoms with E-state index in [4.69, 9.17) is 5.14 Å². The summed E-state index contributed by atoms with van der Waals surface area (Å²) in [5.74, 6) is 0. The first-order valence-electron chi connectivity index (χ1n) is 7.25. The van der Waals surface area contributed by atoms with Crippen LogP contribution in [-0.2, 0) is 10.0 Å². The molecule has 0 fully saturated rings. The highest BCUT2D eigenvalue weighted by atomic mass is 32.2. The molecule has 1 atom stereocenters. The van der Waals surface area contributed by atoms with Crippen molar-refractivity contribution in [1.29, 1.82) is 0 Å². The number of aliphatic hydroxyl groups is 1. The molecule has 1 unspecified atom stereocenters. The van der Waals surface area contributed by atoms with Gasteiger partial charge < -0.3 is 10.4 Å². The molecular formula is C15H26N2O3S. The Labute approximate surface area is 127 Å². The van der Waals surface area contributed by atoms with Crippen LogP contribution in [0.25, 0.3) is 0 Å². The number of aliphatic hydroxyl groups excluding tert-OH is 1. The Morgan fingerprint density at radius 1 is 1.24 bits per heavy atom. The number of benzene rings is 1. The monoisotopic (exact) mass is 314 g/mol. The molecule has 4 N–H and O–H groups in total. The summed E-state index contributed by atoms with van der Waals surface area (Å²) in [6, 6.07) is 6.62. The molecule has 0 amide bonds.